The van der Waals surface area contributed by atoms with Gasteiger partial charge in [-0.1, -0.05) is 30.3 Å². The summed E-state index contributed by atoms with van der Waals surface area (Å²) in [5.41, 5.74) is 1.30. The molecule has 0 bridgehead atoms. The first-order chi connectivity index (χ1) is 7.45. The number of fused-ring (bicyclic) bond motifs is 1. The van der Waals surface area contributed by atoms with Crippen LogP contribution in [-0.4, -0.2) is 19.3 Å². The molecule has 2 nitrogen and oxygen atoms in total. The minimum Gasteiger partial charge on any atom is -0.378 e. The highest BCUT2D eigenvalue weighted by atomic mass is 16.5. The van der Waals surface area contributed by atoms with Gasteiger partial charge in [-0.05, 0) is 18.4 Å². The summed E-state index contributed by atoms with van der Waals surface area (Å²) < 4.78 is 11.6. The summed E-state index contributed by atoms with van der Waals surface area (Å²) in [5.74, 6) is 0.571. The van der Waals surface area contributed by atoms with E-state index in [1.54, 1.807) is 0 Å². The molecule has 3 rings (SSSR count). The average Bonchev–Trinajstić information content (AvgIpc) is 2.78. The Bertz CT molecular complexity index is 323. The fraction of sp³-hybridized carbons (Fsp3) is 0.538. The monoisotopic (exact) mass is 204 g/mol. The smallest absolute Gasteiger partial charge is 0.0878 e. The van der Waals surface area contributed by atoms with Crippen molar-refractivity contribution in [1.29, 1.82) is 0 Å². The molecule has 0 amide bonds. The highest BCUT2D eigenvalue weighted by molar-refractivity contribution is 5.19. The summed E-state index contributed by atoms with van der Waals surface area (Å²) in [7, 11) is 0. The minimum atomic E-state index is 0.257. The molecule has 0 spiro atoms. The summed E-state index contributed by atoms with van der Waals surface area (Å²) in [6.07, 6.45) is 2.90. The molecule has 1 aromatic carbocycles. The number of rotatable bonds is 1. The van der Waals surface area contributed by atoms with Gasteiger partial charge >= 0.3 is 0 Å². The standard InChI is InChI=1S/C13H16O2/c1-2-4-10(5-3-1)13-11-6-8-14-12(11)7-9-15-13/h1-5,11-13H,6-9H2/t11-,12+,13+/m1/s1. The molecule has 0 radical (unpaired) electrons. The second-order valence-electron chi connectivity index (χ2n) is 4.35. The van der Waals surface area contributed by atoms with Crippen molar-refractivity contribution >= 4 is 0 Å². The topological polar surface area (TPSA) is 18.5 Å². The van der Waals surface area contributed by atoms with Crippen LogP contribution < -0.4 is 0 Å². The molecule has 2 aliphatic rings. The van der Waals surface area contributed by atoms with E-state index in [9.17, 15) is 0 Å². The Morgan fingerprint density at radius 1 is 0.933 bits per heavy atom. The Kier molecular flexibility index (Phi) is 2.47. The van der Waals surface area contributed by atoms with Gasteiger partial charge in [0, 0.05) is 19.1 Å². The fourth-order valence-electron chi connectivity index (χ4n) is 2.73. The molecule has 0 aliphatic carbocycles. The summed E-state index contributed by atoms with van der Waals surface area (Å²) >= 11 is 0. The van der Waals surface area contributed by atoms with Crippen LogP contribution in [0.5, 0.6) is 0 Å². The van der Waals surface area contributed by atoms with Gasteiger partial charge in [0.2, 0.25) is 0 Å². The molecule has 2 saturated heterocycles. The average molecular weight is 204 g/mol. The maximum atomic E-state index is 5.90. The van der Waals surface area contributed by atoms with Crippen LogP contribution in [0, 0.1) is 5.92 Å². The molecule has 2 heterocycles. The highest BCUT2D eigenvalue weighted by Crippen LogP contribution is 2.40. The van der Waals surface area contributed by atoms with Gasteiger partial charge in [-0.3, -0.25) is 0 Å². The summed E-state index contributed by atoms with van der Waals surface area (Å²) in [6.45, 7) is 1.74. The lowest BCUT2D eigenvalue weighted by atomic mass is 9.87. The second kappa shape index (κ2) is 3.95. The van der Waals surface area contributed by atoms with Gasteiger partial charge in [0.25, 0.3) is 0 Å². The fourth-order valence-corrected chi connectivity index (χ4v) is 2.73. The molecule has 0 aromatic heterocycles. The van der Waals surface area contributed by atoms with Crippen LogP contribution in [0.1, 0.15) is 24.5 Å². The second-order valence-corrected chi connectivity index (χ2v) is 4.35. The Labute approximate surface area is 90.2 Å². The van der Waals surface area contributed by atoms with Crippen molar-refractivity contribution in [1.82, 2.24) is 0 Å². The van der Waals surface area contributed by atoms with E-state index in [1.807, 2.05) is 0 Å². The third-order valence-electron chi connectivity index (χ3n) is 3.48. The predicted molar refractivity (Wildman–Crippen MR) is 57.6 cm³/mol. The zero-order chi connectivity index (χ0) is 10.1. The van der Waals surface area contributed by atoms with Crippen molar-refractivity contribution < 1.29 is 9.47 Å². The summed E-state index contributed by atoms with van der Waals surface area (Å²) in [4.78, 5) is 0. The zero-order valence-corrected chi connectivity index (χ0v) is 8.76. The van der Waals surface area contributed by atoms with Gasteiger partial charge in [0.15, 0.2) is 0 Å². The Morgan fingerprint density at radius 3 is 2.60 bits per heavy atom. The molecule has 2 aliphatic heterocycles. The number of hydrogen-bond acceptors (Lipinski definition) is 2. The maximum absolute atomic E-state index is 5.90. The quantitative estimate of drug-likeness (QED) is 0.700. The molecule has 0 saturated carbocycles. The number of ether oxygens (including phenoxy) is 2. The molecule has 2 fully saturated rings. The highest BCUT2D eigenvalue weighted by Gasteiger charge is 2.39. The molecule has 0 unspecified atom stereocenters. The van der Waals surface area contributed by atoms with E-state index in [-0.39, 0.29) is 6.10 Å². The minimum absolute atomic E-state index is 0.257. The van der Waals surface area contributed by atoms with Crippen LogP contribution in [0.4, 0.5) is 0 Å². The Morgan fingerprint density at radius 2 is 1.73 bits per heavy atom. The first-order valence-corrected chi connectivity index (χ1v) is 5.73. The van der Waals surface area contributed by atoms with Crippen LogP contribution in [-0.2, 0) is 9.47 Å². The van der Waals surface area contributed by atoms with E-state index >= 15 is 0 Å². The van der Waals surface area contributed by atoms with E-state index in [4.69, 9.17) is 9.47 Å². The third kappa shape index (κ3) is 1.68. The molecule has 3 atom stereocenters. The number of hydrogen-bond donors (Lipinski definition) is 0. The van der Waals surface area contributed by atoms with Crippen molar-refractivity contribution in [3.05, 3.63) is 35.9 Å². The van der Waals surface area contributed by atoms with Gasteiger partial charge in [0.1, 0.15) is 0 Å². The van der Waals surface area contributed by atoms with Crippen molar-refractivity contribution in [3.8, 4) is 0 Å². The van der Waals surface area contributed by atoms with Gasteiger partial charge in [-0.25, -0.2) is 0 Å². The molecular weight excluding hydrogens is 188 g/mol. The van der Waals surface area contributed by atoms with E-state index < -0.39 is 0 Å². The van der Waals surface area contributed by atoms with Gasteiger partial charge in [-0.2, -0.15) is 0 Å². The van der Waals surface area contributed by atoms with Crippen LogP contribution in [0.15, 0.2) is 30.3 Å². The lowest BCUT2D eigenvalue weighted by Gasteiger charge is -2.33. The van der Waals surface area contributed by atoms with Crippen molar-refractivity contribution in [2.24, 2.45) is 5.92 Å². The lowest BCUT2D eigenvalue weighted by molar-refractivity contribution is -0.0760. The van der Waals surface area contributed by atoms with E-state index in [0.717, 1.165) is 26.1 Å². The van der Waals surface area contributed by atoms with Crippen molar-refractivity contribution in [2.75, 3.05) is 13.2 Å². The normalized spacial score (nSPS) is 35.1. The van der Waals surface area contributed by atoms with Crippen LogP contribution in [0.2, 0.25) is 0 Å². The molecule has 80 valence electrons. The van der Waals surface area contributed by atoms with Gasteiger partial charge in [0.05, 0.1) is 12.2 Å². The van der Waals surface area contributed by atoms with Gasteiger partial charge < -0.3 is 9.47 Å². The van der Waals surface area contributed by atoms with Gasteiger partial charge in [-0.15, -0.1) is 0 Å². The van der Waals surface area contributed by atoms with Crippen LogP contribution in [0.25, 0.3) is 0 Å². The predicted octanol–water partition coefficient (Wildman–Crippen LogP) is 2.55. The molecule has 2 heteroatoms. The first kappa shape index (κ1) is 9.37. The Balaban J connectivity index is 1.85. The van der Waals surface area contributed by atoms with E-state index in [2.05, 4.69) is 30.3 Å². The lowest BCUT2D eigenvalue weighted by Crippen LogP contribution is -2.31. The maximum Gasteiger partial charge on any atom is 0.0878 e. The SMILES string of the molecule is c1ccc([C@@H]2OCC[C@@H]3OCC[C@H]32)cc1. The van der Waals surface area contributed by atoms with Crippen LogP contribution in [0.3, 0.4) is 0 Å². The van der Waals surface area contributed by atoms with E-state index in [0.29, 0.717) is 12.0 Å². The third-order valence-corrected chi connectivity index (χ3v) is 3.48. The summed E-state index contributed by atoms with van der Waals surface area (Å²) in [5, 5.41) is 0. The van der Waals surface area contributed by atoms with E-state index in [1.165, 1.54) is 5.56 Å². The molecule has 15 heavy (non-hydrogen) atoms. The molecule has 1 aromatic rings. The molecule has 0 N–H and O–H groups in total. The number of benzene rings is 1. The van der Waals surface area contributed by atoms with Crippen molar-refractivity contribution in [3.63, 3.8) is 0 Å². The largest absolute Gasteiger partial charge is 0.378 e. The summed E-state index contributed by atoms with van der Waals surface area (Å²) in [6, 6.07) is 10.5. The van der Waals surface area contributed by atoms with Crippen LogP contribution >= 0.6 is 0 Å². The Hall–Kier alpha value is -0.860. The first-order valence-electron chi connectivity index (χ1n) is 5.73. The zero-order valence-electron chi connectivity index (χ0n) is 8.76. The molecular formula is C13H16O2. The van der Waals surface area contributed by atoms with Crippen molar-refractivity contribution in [2.45, 2.75) is 25.0 Å².